The van der Waals surface area contributed by atoms with Gasteiger partial charge in [0.2, 0.25) is 5.91 Å². The standard InChI is InChI=1S/C25H31N5O4S/c1-15(2)20-9-7-8-10-22(20)34-18(6)24-27-28-25(29(24)16(3)4)35-14-23(31)26-21-13-19(30(32)33)12-11-17(21)5/h7-13,15-16,18H,14H2,1-6H3,(H,26,31). The van der Waals surface area contributed by atoms with Gasteiger partial charge in [-0.1, -0.05) is 49.9 Å². The highest BCUT2D eigenvalue weighted by Crippen LogP contribution is 2.32. The number of aryl methyl sites for hydroxylation is 1. The zero-order valence-electron chi connectivity index (χ0n) is 20.8. The Balaban J connectivity index is 1.73. The van der Waals surface area contributed by atoms with Gasteiger partial charge in [-0.15, -0.1) is 10.2 Å². The molecule has 2 aromatic carbocycles. The van der Waals surface area contributed by atoms with E-state index in [1.54, 1.807) is 13.0 Å². The van der Waals surface area contributed by atoms with E-state index in [0.29, 0.717) is 22.6 Å². The van der Waals surface area contributed by atoms with Gasteiger partial charge in [-0.25, -0.2) is 0 Å². The maximum Gasteiger partial charge on any atom is 0.271 e. The van der Waals surface area contributed by atoms with E-state index >= 15 is 0 Å². The fraction of sp³-hybridized carbons (Fsp3) is 0.400. The third kappa shape index (κ3) is 6.39. The summed E-state index contributed by atoms with van der Waals surface area (Å²) in [7, 11) is 0. The molecule has 1 amide bonds. The number of thioether (sulfide) groups is 1. The molecule has 0 saturated carbocycles. The summed E-state index contributed by atoms with van der Waals surface area (Å²) in [5, 5.41) is 23.1. The van der Waals surface area contributed by atoms with Gasteiger partial charge in [-0.2, -0.15) is 0 Å². The minimum absolute atomic E-state index is 0.0518. The number of hydrogen-bond donors (Lipinski definition) is 1. The Labute approximate surface area is 209 Å². The average molecular weight is 498 g/mol. The highest BCUT2D eigenvalue weighted by Gasteiger charge is 2.23. The number of non-ortho nitro benzene ring substituents is 1. The zero-order chi connectivity index (χ0) is 25.7. The van der Waals surface area contributed by atoms with Gasteiger partial charge in [0.25, 0.3) is 5.69 Å². The zero-order valence-corrected chi connectivity index (χ0v) is 21.6. The number of nitrogens with one attached hydrogen (secondary N) is 1. The Morgan fingerprint density at radius 1 is 1.14 bits per heavy atom. The third-order valence-corrected chi connectivity index (χ3v) is 6.40. The SMILES string of the molecule is Cc1ccc([N+](=O)[O-])cc1NC(=O)CSc1nnc(C(C)Oc2ccccc2C(C)C)n1C(C)C. The maximum atomic E-state index is 12.6. The van der Waals surface area contributed by atoms with E-state index < -0.39 is 4.92 Å². The van der Waals surface area contributed by atoms with E-state index in [2.05, 4.69) is 35.4 Å². The van der Waals surface area contributed by atoms with Crippen molar-refractivity contribution >= 4 is 29.0 Å². The molecule has 0 spiro atoms. The fourth-order valence-electron chi connectivity index (χ4n) is 3.63. The Morgan fingerprint density at radius 3 is 2.51 bits per heavy atom. The second-order valence-electron chi connectivity index (χ2n) is 8.85. The second kappa shape index (κ2) is 11.4. The van der Waals surface area contributed by atoms with Crippen molar-refractivity contribution in [1.82, 2.24) is 14.8 Å². The summed E-state index contributed by atoms with van der Waals surface area (Å²) in [4.78, 5) is 23.2. The summed E-state index contributed by atoms with van der Waals surface area (Å²) in [5.41, 5.74) is 2.21. The molecule has 1 heterocycles. The van der Waals surface area contributed by atoms with Crippen LogP contribution in [0.1, 0.15) is 69.6 Å². The van der Waals surface area contributed by atoms with Gasteiger partial charge in [0.1, 0.15) is 5.75 Å². The van der Waals surface area contributed by atoms with Crippen molar-refractivity contribution in [2.75, 3.05) is 11.1 Å². The maximum absolute atomic E-state index is 12.6. The molecule has 3 aromatic rings. The summed E-state index contributed by atoms with van der Waals surface area (Å²) in [6.07, 6.45) is -0.347. The topological polar surface area (TPSA) is 112 Å². The molecule has 1 aromatic heterocycles. The van der Waals surface area contributed by atoms with Crippen LogP contribution < -0.4 is 10.1 Å². The largest absolute Gasteiger partial charge is 0.482 e. The van der Waals surface area contributed by atoms with E-state index in [-0.39, 0.29) is 29.5 Å². The molecule has 186 valence electrons. The molecule has 0 radical (unpaired) electrons. The highest BCUT2D eigenvalue weighted by atomic mass is 32.2. The van der Waals surface area contributed by atoms with E-state index in [9.17, 15) is 14.9 Å². The fourth-order valence-corrected chi connectivity index (χ4v) is 4.51. The van der Waals surface area contributed by atoms with Crippen molar-refractivity contribution in [3.05, 3.63) is 69.5 Å². The van der Waals surface area contributed by atoms with E-state index in [0.717, 1.165) is 16.9 Å². The normalized spacial score (nSPS) is 12.1. The molecule has 1 unspecified atom stereocenters. The average Bonchev–Trinajstić information content (AvgIpc) is 3.24. The quantitative estimate of drug-likeness (QED) is 0.205. The Morgan fingerprint density at radius 2 is 1.86 bits per heavy atom. The number of rotatable bonds is 10. The van der Waals surface area contributed by atoms with Gasteiger partial charge in [-0.3, -0.25) is 14.9 Å². The molecule has 3 rings (SSSR count). The first-order valence-electron chi connectivity index (χ1n) is 11.5. The van der Waals surface area contributed by atoms with Crippen LogP contribution in [0.2, 0.25) is 0 Å². The van der Waals surface area contributed by atoms with Gasteiger partial charge >= 0.3 is 0 Å². The summed E-state index contributed by atoms with van der Waals surface area (Å²) in [6.45, 7) is 12.0. The molecule has 0 bridgehead atoms. The van der Waals surface area contributed by atoms with Crippen LogP contribution in [0.15, 0.2) is 47.6 Å². The number of ether oxygens (including phenoxy) is 1. The number of aromatic nitrogens is 3. The first-order chi connectivity index (χ1) is 16.6. The van der Waals surface area contributed by atoms with E-state index in [4.69, 9.17) is 4.74 Å². The lowest BCUT2D eigenvalue weighted by Crippen LogP contribution is -2.17. The molecule has 0 aliphatic rings. The van der Waals surface area contributed by atoms with Crippen molar-refractivity contribution in [1.29, 1.82) is 0 Å². The van der Waals surface area contributed by atoms with Crippen LogP contribution in [0, 0.1) is 17.0 Å². The number of carbonyl (C=O) groups is 1. The molecule has 9 nitrogen and oxygen atoms in total. The number of amides is 1. The van der Waals surface area contributed by atoms with Crippen LogP contribution in [-0.2, 0) is 4.79 Å². The van der Waals surface area contributed by atoms with Crippen molar-refractivity contribution in [3.63, 3.8) is 0 Å². The minimum Gasteiger partial charge on any atom is -0.482 e. The molecule has 0 aliphatic heterocycles. The van der Waals surface area contributed by atoms with Gasteiger partial charge < -0.3 is 14.6 Å². The molecular weight excluding hydrogens is 466 g/mol. The number of para-hydroxylation sites is 1. The van der Waals surface area contributed by atoms with Crippen LogP contribution in [0.3, 0.4) is 0 Å². The van der Waals surface area contributed by atoms with Crippen molar-refractivity contribution in [3.8, 4) is 5.75 Å². The number of nitro benzene ring substituents is 1. The minimum atomic E-state index is -0.487. The number of anilines is 1. The van der Waals surface area contributed by atoms with Crippen LogP contribution in [0.25, 0.3) is 0 Å². The van der Waals surface area contributed by atoms with Crippen LogP contribution in [-0.4, -0.2) is 31.3 Å². The Bertz CT molecular complexity index is 1210. The third-order valence-electron chi connectivity index (χ3n) is 5.45. The molecule has 10 heteroatoms. The molecule has 1 atom stereocenters. The molecule has 0 fully saturated rings. The van der Waals surface area contributed by atoms with Gasteiger partial charge in [-0.05, 0) is 50.8 Å². The lowest BCUT2D eigenvalue weighted by molar-refractivity contribution is -0.384. The van der Waals surface area contributed by atoms with E-state index in [1.807, 2.05) is 43.5 Å². The molecule has 1 N–H and O–H groups in total. The summed E-state index contributed by atoms with van der Waals surface area (Å²) >= 11 is 1.26. The molecular formula is C25H31N5O4S. The van der Waals surface area contributed by atoms with E-state index in [1.165, 1.54) is 23.9 Å². The predicted octanol–water partition coefficient (Wildman–Crippen LogP) is 6.07. The number of hydrogen-bond acceptors (Lipinski definition) is 7. The second-order valence-corrected chi connectivity index (χ2v) is 9.79. The number of carbonyl (C=O) groups excluding carboxylic acids is 1. The molecule has 0 aliphatic carbocycles. The lowest BCUT2D eigenvalue weighted by atomic mass is 10.0. The molecule has 35 heavy (non-hydrogen) atoms. The predicted molar refractivity (Wildman–Crippen MR) is 137 cm³/mol. The van der Waals surface area contributed by atoms with Gasteiger partial charge in [0, 0.05) is 18.2 Å². The number of benzene rings is 2. The summed E-state index contributed by atoms with van der Waals surface area (Å²) < 4.78 is 8.25. The van der Waals surface area contributed by atoms with Crippen LogP contribution in [0.5, 0.6) is 5.75 Å². The van der Waals surface area contributed by atoms with Crippen molar-refractivity contribution < 1.29 is 14.5 Å². The Hall–Kier alpha value is -3.40. The van der Waals surface area contributed by atoms with Gasteiger partial charge in [0.15, 0.2) is 17.1 Å². The number of nitro groups is 1. The van der Waals surface area contributed by atoms with Crippen molar-refractivity contribution in [2.24, 2.45) is 0 Å². The lowest BCUT2D eigenvalue weighted by Gasteiger charge is -2.21. The summed E-state index contributed by atoms with van der Waals surface area (Å²) in [6, 6.07) is 12.4. The highest BCUT2D eigenvalue weighted by molar-refractivity contribution is 7.99. The number of nitrogens with zero attached hydrogens (tertiary/aromatic N) is 4. The first kappa shape index (κ1) is 26.2. The van der Waals surface area contributed by atoms with Crippen LogP contribution >= 0.6 is 11.8 Å². The van der Waals surface area contributed by atoms with Crippen LogP contribution in [0.4, 0.5) is 11.4 Å². The Kier molecular flexibility index (Phi) is 8.50. The van der Waals surface area contributed by atoms with Gasteiger partial charge in [0.05, 0.1) is 16.4 Å². The first-order valence-corrected chi connectivity index (χ1v) is 12.4. The smallest absolute Gasteiger partial charge is 0.271 e. The molecule has 0 saturated heterocycles. The monoisotopic (exact) mass is 497 g/mol. The van der Waals surface area contributed by atoms with Crippen molar-refractivity contribution in [2.45, 2.75) is 64.8 Å². The summed E-state index contributed by atoms with van der Waals surface area (Å²) in [5.74, 6) is 1.61.